The molecule has 142 valence electrons. The molecular weight excluding hydrogens is 375 g/mol. The molecule has 0 radical (unpaired) electrons. The van der Waals surface area contributed by atoms with Crippen molar-refractivity contribution in [2.45, 2.75) is 25.3 Å². The van der Waals surface area contributed by atoms with Crippen molar-refractivity contribution in [3.63, 3.8) is 0 Å². The van der Waals surface area contributed by atoms with Gasteiger partial charge in [-0.05, 0) is 24.3 Å². The van der Waals surface area contributed by atoms with Crippen LogP contribution in [0.4, 0.5) is 22.0 Å². The first kappa shape index (κ1) is 18.8. The van der Waals surface area contributed by atoms with E-state index in [0.717, 1.165) is 30.3 Å². The van der Waals surface area contributed by atoms with Crippen molar-refractivity contribution in [1.82, 2.24) is 0 Å². The maximum atomic E-state index is 13.0. The van der Waals surface area contributed by atoms with Gasteiger partial charge in [0.25, 0.3) is 0 Å². The van der Waals surface area contributed by atoms with Crippen LogP contribution in [0.3, 0.4) is 0 Å². The molecule has 0 unspecified atom stereocenters. The fourth-order valence-electron chi connectivity index (χ4n) is 2.60. The molecule has 1 heterocycles. The van der Waals surface area contributed by atoms with Gasteiger partial charge in [0.15, 0.2) is 23.1 Å². The van der Waals surface area contributed by atoms with E-state index in [1.54, 1.807) is 0 Å². The molecule has 1 aliphatic heterocycles. The molecule has 0 bridgehead atoms. The van der Waals surface area contributed by atoms with Crippen LogP contribution in [0.2, 0.25) is 0 Å². The third-order valence-corrected chi connectivity index (χ3v) is 3.84. The second-order valence-electron chi connectivity index (χ2n) is 5.72. The zero-order valence-corrected chi connectivity index (χ0v) is 13.5. The quantitative estimate of drug-likeness (QED) is 0.543. The molecule has 2 aromatic rings. The monoisotopic (exact) mass is 386 g/mol. The van der Waals surface area contributed by atoms with Crippen LogP contribution in [0.25, 0.3) is 0 Å². The number of fused-ring (bicyclic) bond motifs is 1. The van der Waals surface area contributed by atoms with E-state index < -0.39 is 41.6 Å². The lowest BCUT2D eigenvalue weighted by Crippen LogP contribution is -2.25. The largest absolute Gasteiger partial charge is 0.586 e. The summed E-state index contributed by atoms with van der Waals surface area (Å²) in [4.78, 5) is 24.3. The second-order valence-corrected chi connectivity index (χ2v) is 5.72. The van der Waals surface area contributed by atoms with Gasteiger partial charge in [-0.1, -0.05) is 18.2 Å². The van der Waals surface area contributed by atoms with Crippen LogP contribution in [-0.2, 0) is 6.18 Å². The molecule has 4 nitrogen and oxygen atoms in total. The lowest BCUT2D eigenvalue weighted by molar-refractivity contribution is -0.286. The van der Waals surface area contributed by atoms with Crippen LogP contribution in [0.15, 0.2) is 42.5 Å². The Morgan fingerprint density at radius 1 is 0.889 bits per heavy atom. The average molecular weight is 386 g/mol. The Hall–Kier alpha value is -2.97. The Morgan fingerprint density at radius 3 is 2.22 bits per heavy atom. The van der Waals surface area contributed by atoms with E-state index in [-0.39, 0.29) is 23.5 Å². The van der Waals surface area contributed by atoms with Gasteiger partial charge >= 0.3 is 12.5 Å². The molecule has 0 saturated carbocycles. The van der Waals surface area contributed by atoms with E-state index in [4.69, 9.17) is 0 Å². The van der Waals surface area contributed by atoms with E-state index in [0.29, 0.717) is 0 Å². The van der Waals surface area contributed by atoms with Gasteiger partial charge in [-0.2, -0.15) is 13.2 Å². The summed E-state index contributed by atoms with van der Waals surface area (Å²) in [5.74, 6) is -2.02. The summed E-state index contributed by atoms with van der Waals surface area (Å²) < 4.78 is 73.3. The highest BCUT2D eigenvalue weighted by Gasteiger charge is 2.43. The molecule has 2 aromatic carbocycles. The third kappa shape index (κ3) is 4.07. The molecule has 0 spiro atoms. The Bertz CT molecular complexity index is 905. The molecule has 9 heteroatoms. The number of carbonyl (C=O) groups excluding carboxylic acids is 2. The molecule has 3 rings (SSSR count). The highest BCUT2D eigenvalue weighted by atomic mass is 19.4. The maximum Gasteiger partial charge on any atom is 0.586 e. The highest BCUT2D eigenvalue weighted by Crippen LogP contribution is 2.41. The molecule has 0 atom stereocenters. The van der Waals surface area contributed by atoms with E-state index >= 15 is 0 Å². The molecule has 0 N–H and O–H groups in total. The SMILES string of the molecule is O=C(CCC(=O)c1ccccc1C(F)(F)F)c1ccc2c(c1)OC(F)(F)O2. The number of hydrogen-bond donors (Lipinski definition) is 0. The van der Waals surface area contributed by atoms with Crippen molar-refractivity contribution in [3.05, 3.63) is 59.2 Å². The van der Waals surface area contributed by atoms with Gasteiger partial charge in [-0.15, -0.1) is 8.78 Å². The van der Waals surface area contributed by atoms with Crippen LogP contribution in [0.5, 0.6) is 11.5 Å². The van der Waals surface area contributed by atoms with Crippen LogP contribution < -0.4 is 9.47 Å². The van der Waals surface area contributed by atoms with Gasteiger partial charge in [0.05, 0.1) is 5.56 Å². The first-order chi connectivity index (χ1) is 12.6. The average Bonchev–Trinajstić information content (AvgIpc) is 2.91. The van der Waals surface area contributed by atoms with Gasteiger partial charge in [-0.25, -0.2) is 0 Å². The number of Topliss-reactive ketones (excluding diaryl/α,β-unsaturated/α-hetero) is 2. The molecular formula is C18H11F5O4. The topological polar surface area (TPSA) is 52.6 Å². The molecule has 0 fully saturated rings. The summed E-state index contributed by atoms with van der Waals surface area (Å²) in [6, 6.07) is 7.64. The van der Waals surface area contributed by atoms with Gasteiger partial charge < -0.3 is 9.47 Å². The third-order valence-electron chi connectivity index (χ3n) is 3.84. The number of ether oxygens (including phenoxy) is 2. The lowest BCUT2D eigenvalue weighted by Gasteiger charge is -2.11. The van der Waals surface area contributed by atoms with E-state index in [1.165, 1.54) is 12.1 Å². The normalized spacial score (nSPS) is 14.9. The summed E-state index contributed by atoms with van der Waals surface area (Å²) in [5, 5.41) is 0. The molecule has 27 heavy (non-hydrogen) atoms. The van der Waals surface area contributed by atoms with Gasteiger partial charge in [-0.3, -0.25) is 9.59 Å². The van der Waals surface area contributed by atoms with Crippen molar-refractivity contribution < 1.29 is 41.0 Å². The Kier molecular flexibility index (Phi) is 4.63. The fourth-order valence-corrected chi connectivity index (χ4v) is 2.60. The van der Waals surface area contributed by atoms with Crippen molar-refractivity contribution in [1.29, 1.82) is 0 Å². The van der Waals surface area contributed by atoms with E-state index in [1.807, 2.05) is 0 Å². The zero-order valence-electron chi connectivity index (χ0n) is 13.5. The maximum absolute atomic E-state index is 13.0. The predicted molar refractivity (Wildman–Crippen MR) is 82.0 cm³/mol. The molecule has 0 amide bonds. The summed E-state index contributed by atoms with van der Waals surface area (Å²) >= 11 is 0. The first-order valence-corrected chi connectivity index (χ1v) is 7.69. The molecule has 0 saturated heterocycles. The minimum Gasteiger partial charge on any atom is -0.395 e. The summed E-state index contributed by atoms with van der Waals surface area (Å²) in [6.07, 6.45) is -9.38. The summed E-state index contributed by atoms with van der Waals surface area (Å²) in [5.41, 5.74) is -1.62. The number of ketones is 2. The first-order valence-electron chi connectivity index (χ1n) is 7.69. The van der Waals surface area contributed by atoms with Crippen molar-refractivity contribution in [2.75, 3.05) is 0 Å². The Labute approximate surface area is 149 Å². The Balaban J connectivity index is 1.70. The zero-order chi connectivity index (χ0) is 19.8. The van der Waals surface area contributed by atoms with Crippen LogP contribution in [-0.4, -0.2) is 17.9 Å². The smallest absolute Gasteiger partial charge is 0.395 e. The number of benzene rings is 2. The number of carbonyl (C=O) groups is 2. The van der Waals surface area contributed by atoms with Crippen molar-refractivity contribution in [3.8, 4) is 11.5 Å². The van der Waals surface area contributed by atoms with E-state index in [9.17, 15) is 31.5 Å². The highest BCUT2D eigenvalue weighted by molar-refractivity contribution is 6.03. The fraction of sp³-hybridized carbons (Fsp3) is 0.222. The summed E-state index contributed by atoms with van der Waals surface area (Å²) in [7, 11) is 0. The van der Waals surface area contributed by atoms with Crippen molar-refractivity contribution >= 4 is 11.6 Å². The predicted octanol–water partition coefficient (Wildman–Crippen LogP) is 4.87. The van der Waals surface area contributed by atoms with Crippen molar-refractivity contribution in [2.24, 2.45) is 0 Å². The number of rotatable bonds is 5. The van der Waals surface area contributed by atoms with Gasteiger partial charge in [0, 0.05) is 24.0 Å². The minimum absolute atomic E-state index is 0.0213. The van der Waals surface area contributed by atoms with Crippen LogP contribution in [0, 0.1) is 0 Å². The van der Waals surface area contributed by atoms with Gasteiger partial charge in [0.2, 0.25) is 0 Å². The number of hydrogen-bond acceptors (Lipinski definition) is 4. The standard InChI is InChI=1S/C18H11F5O4/c19-17(20,21)12-4-2-1-3-11(12)14(25)7-6-13(24)10-5-8-15-16(9-10)27-18(22,23)26-15/h1-5,8-9H,6-7H2. The van der Waals surface area contributed by atoms with Crippen LogP contribution in [0.1, 0.15) is 39.1 Å². The number of alkyl halides is 5. The second kappa shape index (κ2) is 6.64. The Morgan fingerprint density at radius 2 is 1.52 bits per heavy atom. The minimum atomic E-state index is -4.70. The van der Waals surface area contributed by atoms with Gasteiger partial charge in [0.1, 0.15) is 0 Å². The number of halogens is 5. The molecule has 1 aliphatic rings. The van der Waals surface area contributed by atoms with Crippen LogP contribution >= 0.6 is 0 Å². The summed E-state index contributed by atoms with van der Waals surface area (Å²) in [6.45, 7) is 0. The molecule has 0 aromatic heterocycles. The van der Waals surface area contributed by atoms with E-state index in [2.05, 4.69) is 9.47 Å². The lowest BCUT2D eigenvalue weighted by atomic mass is 9.97. The molecule has 0 aliphatic carbocycles.